The first-order valence-electron chi connectivity index (χ1n) is 5.20. The first-order valence-corrected chi connectivity index (χ1v) is 5.58. The third-order valence-corrected chi connectivity index (χ3v) is 2.26. The highest BCUT2D eigenvalue weighted by Crippen LogP contribution is 2.27. The van der Waals surface area contributed by atoms with Crippen LogP contribution in [0.3, 0.4) is 0 Å². The number of nitrogens with zero attached hydrogens (tertiary/aromatic N) is 4. The number of carbonyl (C=O) groups is 1. The molecular weight excluding hydrogens is 268 g/mol. The number of carboxylic acid groups (broad SMARTS) is 1. The first kappa shape index (κ1) is 14.7. The summed E-state index contributed by atoms with van der Waals surface area (Å²) in [5, 5.41) is 26.5. The Bertz CT molecular complexity index is 578. The maximum atomic E-state index is 10.4. The second-order valence-electron chi connectivity index (χ2n) is 3.60. The van der Waals surface area contributed by atoms with Gasteiger partial charge in [-0.05, 0) is 25.1 Å². The van der Waals surface area contributed by atoms with Crippen LogP contribution < -0.4 is 5.01 Å². The number of allylic oxidation sites excluding steroid dienone is 1. The van der Waals surface area contributed by atoms with Gasteiger partial charge in [0.1, 0.15) is 6.07 Å². The predicted molar refractivity (Wildman–Crippen MR) is 70.8 cm³/mol. The Morgan fingerprint density at radius 1 is 1.63 bits per heavy atom. The molecule has 0 radical (unpaired) electrons. The van der Waals surface area contributed by atoms with Gasteiger partial charge < -0.3 is 5.11 Å². The molecule has 0 heterocycles. The van der Waals surface area contributed by atoms with Crippen molar-refractivity contribution in [2.75, 3.05) is 11.6 Å². The lowest BCUT2D eigenvalue weighted by Crippen LogP contribution is -2.14. The van der Waals surface area contributed by atoms with Crippen molar-refractivity contribution in [1.82, 2.24) is 0 Å². The van der Waals surface area contributed by atoms with E-state index in [0.29, 0.717) is 22.0 Å². The van der Waals surface area contributed by atoms with Gasteiger partial charge >= 0.3 is 5.97 Å². The van der Waals surface area contributed by atoms with Crippen molar-refractivity contribution in [1.29, 1.82) is 5.26 Å². The van der Waals surface area contributed by atoms with Crippen LogP contribution in [0, 0.1) is 11.3 Å². The molecule has 0 amide bonds. The van der Waals surface area contributed by atoms with Gasteiger partial charge in [0.15, 0.2) is 6.54 Å². The number of rotatable bonds is 5. The third kappa shape index (κ3) is 4.08. The van der Waals surface area contributed by atoms with Crippen LogP contribution in [0.2, 0.25) is 5.02 Å². The van der Waals surface area contributed by atoms with Gasteiger partial charge in [0.25, 0.3) is 0 Å². The fourth-order valence-electron chi connectivity index (χ4n) is 1.26. The summed E-state index contributed by atoms with van der Waals surface area (Å²) in [5.41, 5.74) is 1.21. The minimum absolute atomic E-state index is 0.335. The molecule has 1 N–H and O–H groups in total. The monoisotopic (exact) mass is 278 g/mol. The number of carboxylic acids is 1. The highest BCUT2D eigenvalue weighted by atomic mass is 35.5. The molecule has 98 valence electrons. The van der Waals surface area contributed by atoms with Crippen molar-refractivity contribution < 1.29 is 9.90 Å². The molecule has 7 heteroatoms. The van der Waals surface area contributed by atoms with Crippen molar-refractivity contribution in [3.05, 3.63) is 41.1 Å². The number of hydrogen-bond acceptors (Lipinski definition) is 4. The third-order valence-electron chi connectivity index (χ3n) is 2.03. The summed E-state index contributed by atoms with van der Waals surface area (Å²) < 4.78 is 0. The molecule has 0 fully saturated rings. The van der Waals surface area contributed by atoms with Crippen molar-refractivity contribution in [2.45, 2.75) is 6.92 Å². The molecule has 19 heavy (non-hydrogen) atoms. The van der Waals surface area contributed by atoms with E-state index in [2.05, 4.69) is 16.9 Å². The lowest BCUT2D eigenvalue weighted by Gasteiger charge is -2.18. The molecule has 1 aromatic rings. The summed E-state index contributed by atoms with van der Waals surface area (Å²) in [6.45, 7) is 4.90. The summed E-state index contributed by atoms with van der Waals surface area (Å²) >= 11 is 5.87. The second kappa shape index (κ2) is 6.52. The van der Waals surface area contributed by atoms with E-state index < -0.39 is 12.5 Å². The van der Waals surface area contributed by atoms with Crippen molar-refractivity contribution in [3.63, 3.8) is 0 Å². The Kier molecular flexibility index (Phi) is 5.03. The molecule has 0 aliphatic heterocycles. The standard InChI is InChI=1S/C12H11ClN4O2/c1-8(2)17(16-15-7-12(18)19)11-5-10(13)4-3-9(11)6-14/h3-5H,1,7H2,2H3,(H,18,19). The lowest BCUT2D eigenvalue weighted by atomic mass is 10.2. The number of nitriles is 1. The number of aliphatic carboxylic acids is 1. The van der Waals surface area contributed by atoms with Crippen LogP contribution in [0.5, 0.6) is 0 Å². The quantitative estimate of drug-likeness (QED) is 0.662. The highest BCUT2D eigenvalue weighted by Gasteiger charge is 2.12. The van der Waals surface area contributed by atoms with Gasteiger partial charge in [-0.25, -0.2) is 5.01 Å². The van der Waals surface area contributed by atoms with Gasteiger partial charge in [0.05, 0.1) is 11.3 Å². The summed E-state index contributed by atoms with van der Waals surface area (Å²) in [5.74, 6) is -1.10. The molecule has 1 rings (SSSR count). The van der Waals surface area contributed by atoms with Crippen LogP contribution in [0.4, 0.5) is 5.69 Å². The van der Waals surface area contributed by atoms with Crippen molar-refractivity contribution in [3.8, 4) is 6.07 Å². The largest absolute Gasteiger partial charge is 0.480 e. The van der Waals surface area contributed by atoms with E-state index in [1.807, 2.05) is 6.07 Å². The molecule has 0 aliphatic carbocycles. The van der Waals surface area contributed by atoms with Gasteiger partial charge in [0.2, 0.25) is 0 Å². The van der Waals surface area contributed by atoms with Crippen molar-refractivity contribution in [2.24, 2.45) is 10.3 Å². The van der Waals surface area contributed by atoms with E-state index >= 15 is 0 Å². The first-order chi connectivity index (χ1) is 8.95. The van der Waals surface area contributed by atoms with E-state index in [1.54, 1.807) is 19.1 Å². The van der Waals surface area contributed by atoms with Crippen LogP contribution >= 0.6 is 11.6 Å². The Balaban J connectivity index is 3.16. The summed E-state index contributed by atoms with van der Waals surface area (Å²) in [6.07, 6.45) is 0. The maximum absolute atomic E-state index is 10.4. The van der Waals surface area contributed by atoms with Crippen LogP contribution in [0.15, 0.2) is 40.8 Å². The Morgan fingerprint density at radius 2 is 2.32 bits per heavy atom. The zero-order valence-corrected chi connectivity index (χ0v) is 10.9. The Morgan fingerprint density at radius 3 is 2.84 bits per heavy atom. The molecule has 0 saturated carbocycles. The SMILES string of the molecule is C=C(C)N(N=NCC(=O)O)c1cc(Cl)ccc1C#N. The Hall–Kier alpha value is -2.39. The number of benzene rings is 1. The minimum atomic E-state index is -1.10. The lowest BCUT2D eigenvalue weighted by molar-refractivity contribution is -0.135. The molecule has 0 aromatic heterocycles. The average molecular weight is 279 g/mol. The van der Waals surface area contributed by atoms with Gasteiger partial charge in [-0.15, -0.1) is 0 Å². The minimum Gasteiger partial charge on any atom is -0.480 e. The molecule has 0 saturated heterocycles. The van der Waals surface area contributed by atoms with Crippen LogP contribution in [-0.4, -0.2) is 17.6 Å². The molecule has 0 aliphatic rings. The van der Waals surface area contributed by atoms with Crippen LogP contribution in [0.25, 0.3) is 0 Å². The van der Waals surface area contributed by atoms with E-state index in [9.17, 15) is 4.79 Å². The Labute approximate surface area is 115 Å². The molecular formula is C12H11ClN4O2. The van der Waals surface area contributed by atoms with Crippen molar-refractivity contribution >= 4 is 23.3 Å². The van der Waals surface area contributed by atoms with Gasteiger partial charge in [0, 0.05) is 10.7 Å². The molecule has 0 spiro atoms. The topological polar surface area (TPSA) is 89.1 Å². The summed E-state index contributed by atoms with van der Waals surface area (Å²) in [7, 11) is 0. The van der Waals surface area contributed by atoms with E-state index in [0.717, 1.165) is 0 Å². The van der Waals surface area contributed by atoms with Gasteiger partial charge in [-0.3, -0.25) is 4.79 Å². The fraction of sp³-hybridized carbons (Fsp3) is 0.167. The van der Waals surface area contributed by atoms with E-state index in [1.165, 1.54) is 11.1 Å². The second-order valence-corrected chi connectivity index (χ2v) is 4.04. The summed E-state index contributed by atoms with van der Waals surface area (Å²) in [4.78, 5) is 10.4. The zero-order chi connectivity index (χ0) is 14.4. The molecule has 0 bridgehead atoms. The predicted octanol–water partition coefficient (Wildman–Crippen LogP) is 3.00. The number of halogens is 1. The number of hydrogen-bond donors (Lipinski definition) is 1. The van der Waals surface area contributed by atoms with Gasteiger partial charge in [-0.1, -0.05) is 23.4 Å². The molecule has 0 unspecified atom stereocenters. The fourth-order valence-corrected chi connectivity index (χ4v) is 1.43. The van der Waals surface area contributed by atoms with E-state index in [4.69, 9.17) is 22.0 Å². The normalized spacial score (nSPS) is 10.2. The maximum Gasteiger partial charge on any atom is 0.327 e. The number of anilines is 1. The van der Waals surface area contributed by atoms with E-state index in [-0.39, 0.29) is 0 Å². The van der Waals surface area contributed by atoms with Gasteiger partial charge in [-0.2, -0.15) is 10.4 Å². The zero-order valence-electron chi connectivity index (χ0n) is 10.2. The smallest absolute Gasteiger partial charge is 0.327 e. The van der Waals surface area contributed by atoms with Crippen LogP contribution in [0.1, 0.15) is 12.5 Å². The van der Waals surface area contributed by atoms with Crippen LogP contribution in [-0.2, 0) is 4.79 Å². The highest BCUT2D eigenvalue weighted by molar-refractivity contribution is 6.30. The molecule has 6 nitrogen and oxygen atoms in total. The molecule has 0 atom stereocenters. The summed E-state index contributed by atoms with van der Waals surface area (Å²) in [6, 6.07) is 6.65. The molecule has 1 aromatic carbocycles. The average Bonchev–Trinajstić information content (AvgIpc) is 2.34.